The van der Waals surface area contributed by atoms with Crippen LogP contribution in [0.4, 0.5) is 0 Å². The van der Waals surface area contributed by atoms with Gasteiger partial charge in [-0.2, -0.15) is 0 Å². The highest BCUT2D eigenvalue weighted by atomic mass is 28.4. The van der Waals surface area contributed by atoms with Gasteiger partial charge in [-0.1, -0.05) is 125 Å². The van der Waals surface area contributed by atoms with Crippen molar-refractivity contribution in [2.75, 3.05) is 6.61 Å². The van der Waals surface area contributed by atoms with E-state index in [9.17, 15) is 4.79 Å². The van der Waals surface area contributed by atoms with Crippen molar-refractivity contribution in [2.24, 2.45) is 0 Å². The molecule has 0 fully saturated rings. The molecule has 0 aliphatic carbocycles. The summed E-state index contributed by atoms with van der Waals surface area (Å²) in [5, 5.41) is 2.07. The van der Waals surface area contributed by atoms with Crippen molar-refractivity contribution in [2.45, 2.75) is 52.2 Å². The summed E-state index contributed by atoms with van der Waals surface area (Å²) in [4.78, 5) is 13.1. The third-order valence-corrected chi connectivity index (χ3v) is 11.8. The first-order chi connectivity index (χ1) is 18.8. The van der Waals surface area contributed by atoms with E-state index in [1.807, 2.05) is 48.5 Å². The number of hydrogen-bond acceptors (Lipinski definition) is 4. The highest BCUT2D eigenvalue weighted by Gasteiger charge is 2.52. The normalized spacial score (nSPS) is 11.6. The minimum atomic E-state index is -2.93. The van der Waals surface area contributed by atoms with Crippen molar-refractivity contribution >= 4 is 24.7 Å². The topological polar surface area (TPSA) is 44.8 Å². The molecule has 0 spiro atoms. The van der Waals surface area contributed by atoms with Gasteiger partial charge >= 0.3 is 14.3 Å². The molecule has 0 radical (unpaired) electrons. The Kier molecular flexibility index (Phi) is 9.26. The van der Waals surface area contributed by atoms with Gasteiger partial charge in [-0.25, -0.2) is 4.79 Å². The summed E-state index contributed by atoms with van der Waals surface area (Å²) in [6.45, 7) is 9.61. The van der Waals surface area contributed by atoms with Crippen LogP contribution in [0.1, 0.15) is 56.5 Å². The molecule has 4 aromatic rings. The highest BCUT2D eigenvalue weighted by molar-refractivity contribution is 7.00. The van der Waals surface area contributed by atoms with E-state index in [-0.39, 0.29) is 11.6 Å². The molecule has 0 unspecified atom stereocenters. The van der Waals surface area contributed by atoms with Crippen molar-refractivity contribution in [3.63, 3.8) is 0 Å². The molecule has 0 saturated carbocycles. The fourth-order valence-electron chi connectivity index (χ4n) is 4.78. The molecule has 5 heteroatoms. The molecule has 39 heavy (non-hydrogen) atoms. The van der Waals surface area contributed by atoms with Gasteiger partial charge in [0.1, 0.15) is 12.4 Å². The predicted molar refractivity (Wildman–Crippen MR) is 161 cm³/mol. The summed E-state index contributed by atoms with van der Waals surface area (Å²) in [5.74, 6) is 0.803. The highest BCUT2D eigenvalue weighted by Crippen LogP contribution is 2.40. The molecule has 0 aliphatic heterocycles. The van der Waals surface area contributed by atoms with Gasteiger partial charge in [0, 0.05) is 0 Å². The average molecular weight is 539 g/mol. The van der Waals surface area contributed by atoms with E-state index in [0.29, 0.717) is 23.7 Å². The second-order valence-electron chi connectivity index (χ2n) is 10.7. The van der Waals surface area contributed by atoms with Crippen LogP contribution < -0.4 is 19.5 Å². The summed E-state index contributed by atoms with van der Waals surface area (Å²) < 4.78 is 19.1. The fourth-order valence-corrected chi connectivity index (χ4v) is 9.20. The van der Waals surface area contributed by atoms with E-state index in [1.54, 1.807) is 12.1 Å². The van der Waals surface area contributed by atoms with Gasteiger partial charge in [-0.15, -0.1) is 0 Å². The molecule has 202 valence electrons. The predicted octanol–water partition coefficient (Wildman–Crippen LogP) is 7.16. The molecule has 0 atom stereocenters. The first-order valence-corrected chi connectivity index (χ1v) is 15.5. The van der Waals surface area contributed by atoms with Crippen molar-refractivity contribution < 1.29 is 18.7 Å². The van der Waals surface area contributed by atoms with E-state index in [4.69, 9.17) is 13.9 Å². The molecule has 0 saturated heterocycles. The van der Waals surface area contributed by atoms with Crippen LogP contribution in [0.15, 0.2) is 109 Å². The zero-order valence-electron chi connectivity index (χ0n) is 23.4. The van der Waals surface area contributed by atoms with Crippen LogP contribution >= 0.6 is 0 Å². The van der Waals surface area contributed by atoms with Crippen LogP contribution in [0.25, 0.3) is 0 Å². The number of carbonyl (C=O) groups is 1. The van der Waals surface area contributed by atoms with E-state index in [0.717, 1.165) is 28.8 Å². The number of ether oxygens (including phenoxy) is 2. The largest absolute Gasteiger partial charge is 0.531 e. The van der Waals surface area contributed by atoms with Crippen molar-refractivity contribution in [3.8, 4) is 11.5 Å². The van der Waals surface area contributed by atoms with Crippen LogP contribution in [0.5, 0.6) is 11.5 Å². The molecule has 0 aliphatic rings. The maximum atomic E-state index is 13.1. The van der Waals surface area contributed by atoms with E-state index >= 15 is 0 Å². The molecule has 4 nitrogen and oxygen atoms in total. The second kappa shape index (κ2) is 12.8. The van der Waals surface area contributed by atoms with Gasteiger partial charge in [-0.05, 0) is 45.6 Å². The lowest BCUT2D eigenvalue weighted by atomic mass is 10.2. The van der Waals surface area contributed by atoms with E-state index in [2.05, 4.69) is 76.2 Å². The molecule has 0 aromatic heterocycles. The second-order valence-corrected chi connectivity index (χ2v) is 14.9. The lowest BCUT2D eigenvalue weighted by Gasteiger charge is -2.43. The van der Waals surface area contributed by atoms with E-state index in [1.165, 1.54) is 0 Å². The number of unbranched alkanes of at least 4 members (excludes halogenated alkanes) is 1. The summed E-state index contributed by atoms with van der Waals surface area (Å²) in [5.41, 5.74) is 1.37. The maximum absolute atomic E-state index is 13.1. The molecule has 4 rings (SSSR count). The molecule has 0 N–H and O–H groups in total. The summed E-state index contributed by atoms with van der Waals surface area (Å²) >= 11 is 0. The van der Waals surface area contributed by atoms with E-state index < -0.39 is 14.3 Å². The van der Waals surface area contributed by atoms with Crippen LogP contribution in [-0.2, 0) is 11.3 Å². The number of hydrogen-bond donors (Lipinski definition) is 0. The number of benzene rings is 4. The summed E-state index contributed by atoms with van der Waals surface area (Å²) in [6.07, 6.45) is 1.95. The molecule has 4 aromatic carbocycles. The Morgan fingerprint density at radius 3 is 1.85 bits per heavy atom. The minimum Gasteiger partial charge on any atom is -0.531 e. The Balaban J connectivity index is 1.78. The lowest BCUT2D eigenvalue weighted by molar-refractivity contribution is 0.0472. The number of carbonyl (C=O) groups excluding carboxylic acids is 1. The van der Waals surface area contributed by atoms with Crippen LogP contribution in [0, 0.1) is 0 Å². The van der Waals surface area contributed by atoms with Crippen LogP contribution in [-0.4, -0.2) is 20.9 Å². The minimum absolute atomic E-state index is 0.208. The molecule has 0 bridgehead atoms. The number of esters is 1. The molecule has 0 amide bonds. The van der Waals surface area contributed by atoms with Gasteiger partial charge in [0.25, 0.3) is 0 Å². The van der Waals surface area contributed by atoms with Gasteiger partial charge < -0.3 is 13.9 Å². The summed E-state index contributed by atoms with van der Waals surface area (Å²) in [6, 6.07) is 36.0. The third-order valence-electron chi connectivity index (χ3n) is 6.83. The maximum Gasteiger partial charge on any atom is 0.338 e. The molecular weight excluding hydrogens is 500 g/mol. The van der Waals surface area contributed by atoms with Crippen LogP contribution in [0.2, 0.25) is 5.04 Å². The first kappa shape index (κ1) is 28.2. The van der Waals surface area contributed by atoms with Crippen molar-refractivity contribution in [3.05, 3.63) is 120 Å². The first-order valence-electron chi connectivity index (χ1n) is 13.6. The van der Waals surface area contributed by atoms with Gasteiger partial charge in [0.15, 0.2) is 5.75 Å². The van der Waals surface area contributed by atoms with Crippen molar-refractivity contribution in [1.82, 2.24) is 0 Å². The smallest absolute Gasteiger partial charge is 0.338 e. The van der Waals surface area contributed by atoms with Crippen molar-refractivity contribution in [1.29, 1.82) is 0 Å². The fraction of sp³-hybridized carbons (Fsp3) is 0.265. The van der Waals surface area contributed by atoms with Gasteiger partial charge in [0.2, 0.25) is 0 Å². The van der Waals surface area contributed by atoms with Gasteiger partial charge in [-0.3, -0.25) is 0 Å². The standard InChI is InChI=1S/C34H38O4Si/c1-5-6-24-36-31-23-22-28(33(35)37-26-27-16-10-7-11-17-27)25-32(31)38-39(34(2,3)4,29-18-12-8-13-19-29)30-20-14-9-15-21-30/h7-23,25H,5-6,24,26H2,1-4H3. The lowest BCUT2D eigenvalue weighted by Crippen LogP contribution is -2.68. The molecule has 0 heterocycles. The zero-order chi connectivity index (χ0) is 27.7. The Bertz CT molecular complexity index is 1290. The number of rotatable bonds is 11. The zero-order valence-corrected chi connectivity index (χ0v) is 24.4. The third kappa shape index (κ3) is 6.60. The Morgan fingerprint density at radius 2 is 1.31 bits per heavy atom. The summed E-state index contributed by atoms with van der Waals surface area (Å²) in [7, 11) is -2.93. The Labute approximate surface area is 233 Å². The quantitative estimate of drug-likeness (QED) is 0.115. The molecular formula is C34H38O4Si. The van der Waals surface area contributed by atoms with Gasteiger partial charge in [0.05, 0.1) is 12.2 Å². The monoisotopic (exact) mass is 538 g/mol. The SMILES string of the molecule is CCCCOc1ccc(C(=O)OCc2ccccc2)cc1O[Si](c1ccccc1)(c1ccccc1)C(C)(C)C. The van der Waals surface area contributed by atoms with Crippen LogP contribution in [0.3, 0.4) is 0 Å². The Hall–Kier alpha value is -3.83. The Morgan fingerprint density at radius 1 is 0.744 bits per heavy atom. The average Bonchev–Trinajstić information content (AvgIpc) is 2.96.